The molecule has 0 spiro atoms. The van der Waals surface area contributed by atoms with E-state index in [0.717, 1.165) is 0 Å². The van der Waals surface area contributed by atoms with E-state index in [1.807, 2.05) is 31.2 Å². The lowest BCUT2D eigenvalue weighted by Crippen LogP contribution is -2.56. The summed E-state index contributed by atoms with van der Waals surface area (Å²) >= 11 is 0. The Balaban J connectivity index is 3.70. The Morgan fingerprint density at radius 3 is 1.90 bits per heavy atom. The van der Waals surface area contributed by atoms with Gasteiger partial charge in [0.05, 0.1) is 30.2 Å². The van der Waals surface area contributed by atoms with Crippen molar-refractivity contribution in [3.63, 3.8) is 0 Å². The van der Waals surface area contributed by atoms with Gasteiger partial charge in [0.1, 0.15) is 5.78 Å². The topological polar surface area (TPSA) is 112 Å². The predicted octanol–water partition coefficient (Wildman–Crippen LogP) is 2.71. The van der Waals surface area contributed by atoms with Crippen LogP contribution in [-0.2, 0) is 4.79 Å². The van der Waals surface area contributed by atoms with Crippen molar-refractivity contribution < 1.29 is 4.79 Å². The zero-order chi connectivity index (χ0) is 16.3. The largest absolute Gasteiger partial charge is 0.299 e. The number of Topliss-reactive ketones (excluding diaryl/α,β-unsaturated/α-hetero) is 1. The summed E-state index contributed by atoms with van der Waals surface area (Å²) in [5.41, 5.74) is -3.66. The van der Waals surface area contributed by atoms with Gasteiger partial charge in [-0.1, -0.05) is 27.2 Å². The summed E-state index contributed by atoms with van der Waals surface area (Å²) < 4.78 is 0. The molecule has 1 fully saturated rings. The van der Waals surface area contributed by atoms with Gasteiger partial charge in [-0.2, -0.15) is 21.0 Å². The fourth-order valence-electron chi connectivity index (χ4n) is 3.45. The summed E-state index contributed by atoms with van der Waals surface area (Å²) in [5, 5.41) is 38.5. The minimum atomic E-state index is -1.89. The van der Waals surface area contributed by atoms with Crippen LogP contribution in [0, 0.1) is 73.9 Å². The van der Waals surface area contributed by atoms with Crippen LogP contribution in [0.3, 0.4) is 0 Å². The van der Waals surface area contributed by atoms with E-state index in [1.54, 1.807) is 13.8 Å². The van der Waals surface area contributed by atoms with Crippen LogP contribution < -0.4 is 0 Å². The van der Waals surface area contributed by atoms with Gasteiger partial charge in [-0.25, -0.2) is 0 Å². The molecule has 0 unspecified atom stereocenters. The van der Waals surface area contributed by atoms with Gasteiger partial charge in [-0.15, -0.1) is 0 Å². The third-order valence-corrected chi connectivity index (χ3v) is 4.60. The van der Waals surface area contributed by atoms with E-state index < -0.39 is 22.7 Å². The maximum Gasteiger partial charge on any atom is 0.185 e. The molecule has 1 aliphatic carbocycles. The first-order valence-electron chi connectivity index (χ1n) is 7.08. The Hall–Kier alpha value is -2.37. The highest BCUT2D eigenvalue weighted by Crippen LogP contribution is 2.57. The van der Waals surface area contributed by atoms with Gasteiger partial charge >= 0.3 is 0 Å². The van der Waals surface area contributed by atoms with Crippen LogP contribution >= 0.6 is 0 Å². The summed E-state index contributed by atoms with van der Waals surface area (Å²) in [6, 6.07) is 7.65. The van der Waals surface area contributed by atoms with Gasteiger partial charge in [0, 0.05) is 12.3 Å². The quantitative estimate of drug-likeness (QED) is 0.789. The second kappa shape index (κ2) is 5.95. The monoisotopic (exact) mass is 282 g/mol. The molecule has 1 rings (SSSR count). The van der Waals surface area contributed by atoms with E-state index in [2.05, 4.69) is 0 Å². The molecule has 0 aromatic rings. The molecule has 108 valence electrons. The van der Waals surface area contributed by atoms with E-state index in [-0.39, 0.29) is 18.1 Å². The molecule has 5 nitrogen and oxygen atoms in total. The van der Waals surface area contributed by atoms with Crippen molar-refractivity contribution in [2.24, 2.45) is 28.6 Å². The molecule has 0 radical (unpaired) electrons. The van der Waals surface area contributed by atoms with Crippen molar-refractivity contribution in [2.45, 2.75) is 40.0 Å². The van der Waals surface area contributed by atoms with Crippen molar-refractivity contribution in [3.8, 4) is 24.3 Å². The maximum atomic E-state index is 12.4. The molecule has 0 aromatic carbocycles. The average Bonchev–Trinajstić information content (AvgIpc) is 2.48. The second-order valence-electron chi connectivity index (χ2n) is 5.93. The molecule has 1 aliphatic rings. The van der Waals surface area contributed by atoms with Crippen LogP contribution in [0.5, 0.6) is 0 Å². The highest BCUT2D eigenvalue weighted by Gasteiger charge is 2.67. The molecule has 5 heteroatoms. The van der Waals surface area contributed by atoms with Gasteiger partial charge in [0.2, 0.25) is 0 Å². The minimum absolute atomic E-state index is 0.0779. The zero-order valence-corrected chi connectivity index (χ0v) is 12.6. The molecule has 0 heterocycles. The first kappa shape index (κ1) is 16.7. The SMILES string of the molecule is CCC[C@H]1C(=O)C[C@@H](C(C)C)C(C#N)(C#N)C1(C#N)C#N. The van der Waals surface area contributed by atoms with Crippen molar-refractivity contribution in [3.05, 3.63) is 0 Å². The summed E-state index contributed by atoms with van der Waals surface area (Å²) in [6.07, 6.45) is 1.03. The fourth-order valence-corrected chi connectivity index (χ4v) is 3.45. The van der Waals surface area contributed by atoms with E-state index >= 15 is 0 Å². The number of carbonyl (C=O) groups is 1. The Morgan fingerprint density at radius 2 is 1.57 bits per heavy atom. The number of rotatable bonds is 3. The minimum Gasteiger partial charge on any atom is -0.299 e. The Bertz CT molecular complexity index is 566. The lowest BCUT2D eigenvalue weighted by atomic mass is 9.47. The second-order valence-corrected chi connectivity index (χ2v) is 5.93. The third-order valence-electron chi connectivity index (χ3n) is 4.60. The number of hydrogen-bond donors (Lipinski definition) is 0. The Morgan fingerprint density at radius 1 is 1.10 bits per heavy atom. The van der Waals surface area contributed by atoms with Crippen LogP contribution in [0.2, 0.25) is 0 Å². The van der Waals surface area contributed by atoms with Crippen molar-refractivity contribution in [1.82, 2.24) is 0 Å². The summed E-state index contributed by atoms with van der Waals surface area (Å²) in [6.45, 7) is 5.46. The van der Waals surface area contributed by atoms with Gasteiger partial charge in [-0.05, 0) is 12.3 Å². The normalized spacial score (nSPS) is 26.2. The molecular formula is C16H18N4O. The van der Waals surface area contributed by atoms with E-state index in [4.69, 9.17) is 0 Å². The number of nitriles is 4. The van der Waals surface area contributed by atoms with E-state index in [9.17, 15) is 25.8 Å². The van der Waals surface area contributed by atoms with Crippen molar-refractivity contribution in [2.75, 3.05) is 0 Å². The maximum absolute atomic E-state index is 12.4. The molecule has 2 atom stereocenters. The highest BCUT2D eigenvalue weighted by atomic mass is 16.1. The highest BCUT2D eigenvalue weighted by molar-refractivity contribution is 5.85. The lowest BCUT2D eigenvalue weighted by Gasteiger charge is -2.47. The number of hydrogen-bond acceptors (Lipinski definition) is 5. The van der Waals surface area contributed by atoms with Gasteiger partial charge in [-0.3, -0.25) is 4.79 Å². The average molecular weight is 282 g/mol. The molecule has 1 saturated carbocycles. The van der Waals surface area contributed by atoms with Crippen LogP contribution in [0.1, 0.15) is 40.0 Å². The molecule has 21 heavy (non-hydrogen) atoms. The molecular weight excluding hydrogens is 264 g/mol. The molecule has 0 aliphatic heterocycles. The molecule has 0 bridgehead atoms. The summed E-state index contributed by atoms with van der Waals surface area (Å²) in [4.78, 5) is 12.4. The van der Waals surface area contributed by atoms with Gasteiger partial charge < -0.3 is 0 Å². The van der Waals surface area contributed by atoms with E-state index in [0.29, 0.717) is 12.8 Å². The summed E-state index contributed by atoms with van der Waals surface area (Å²) in [5.74, 6) is -1.80. The molecule has 0 saturated heterocycles. The van der Waals surface area contributed by atoms with Crippen LogP contribution in [0.4, 0.5) is 0 Å². The standard InChI is InChI=1S/C16H18N4O/c1-4-5-12-14(21)6-13(11(2)3)16(9-19,10-20)15(12,7-17)8-18/h11-13H,4-6H2,1-3H3/t12-,13-/m0/s1. The van der Waals surface area contributed by atoms with Crippen molar-refractivity contribution >= 4 is 5.78 Å². The Kier molecular flexibility index (Phi) is 4.73. The first-order valence-corrected chi connectivity index (χ1v) is 7.08. The molecule has 0 N–H and O–H groups in total. The first-order chi connectivity index (χ1) is 9.90. The fraction of sp³-hybridized carbons (Fsp3) is 0.688. The lowest BCUT2D eigenvalue weighted by molar-refractivity contribution is -0.135. The third kappa shape index (κ3) is 2.07. The molecule has 0 aromatic heterocycles. The van der Waals surface area contributed by atoms with E-state index in [1.165, 1.54) is 0 Å². The number of carbonyl (C=O) groups excluding carboxylic acids is 1. The van der Waals surface area contributed by atoms with Crippen LogP contribution in [0.15, 0.2) is 0 Å². The van der Waals surface area contributed by atoms with Crippen LogP contribution in [0.25, 0.3) is 0 Å². The van der Waals surface area contributed by atoms with Gasteiger partial charge in [0.15, 0.2) is 10.8 Å². The zero-order valence-electron chi connectivity index (χ0n) is 12.6. The summed E-state index contributed by atoms with van der Waals surface area (Å²) in [7, 11) is 0. The number of ketones is 1. The van der Waals surface area contributed by atoms with Crippen LogP contribution in [-0.4, -0.2) is 5.78 Å². The Labute approximate surface area is 125 Å². The molecule has 0 amide bonds. The predicted molar refractivity (Wildman–Crippen MR) is 73.7 cm³/mol. The number of nitrogens with zero attached hydrogens (tertiary/aromatic N) is 4. The van der Waals surface area contributed by atoms with Crippen molar-refractivity contribution in [1.29, 1.82) is 21.0 Å². The van der Waals surface area contributed by atoms with Gasteiger partial charge in [0.25, 0.3) is 0 Å². The smallest absolute Gasteiger partial charge is 0.185 e.